The molecule has 0 amide bonds. The number of alkyl halides is 10. The highest BCUT2D eigenvalue weighted by Crippen LogP contribution is 2.39. The average molecular weight is 446 g/mol. The van der Waals surface area contributed by atoms with Crippen molar-refractivity contribution in [1.29, 1.82) is 0 Å². The summed E-state index contributed by atoms with van der Waals surface area (Å²) in [6.45, 7) is -1.30. The van der Waals surface area contributed by atoms with E-state index in [9.17, 15) is 53.5 Å². The SMILES string of the molecule is COc1ccc(COC(=O)C(F)(F)C(F)(F)F)cc1OC(=O)C(F)(F)C(F)(F)F. The van der Waals surface area contributed by atoms with Crippen LogP contribution in [0.3, 0.4) is 0 Å². The molecule has 15 heteroatoms. The molecule has 0 aromatic heterocycles. The van der Waals surface area contributed by atoms with Crippen molar-refractivity contribution in [2.45, 2.75) is 30.8 Å². The zero-order valence-electron chi connectivity index (χ0n) is 13.8. The number of esters is 2. The first-order valence-corrected chi connectivity index (χ1v) is 6.90. The number of rotatable bonds is 6. The molecule has 0 aliphatic carbocycles. The monoisotopic (exact) mass is 446 g/mol. The van der Waals surface area contributed by atoms with Gasteiger partial charge < -0.3 is 14.2 Å². The van der Waals surface area contributed by atoms with E-state index in [2.05, 4.69) is 14.2 Å². The van der Waals surface area contributed by atoms with Crippen molar-refractivity contribution >= 4 is 11.9 Å². The largest absolute Gasteiger partial charge is 0.493 e. The second-order valence-corrected chi connectivity index (χ2v) is 5.10. The van der Waals surface area contributed by atoms with E-state index in [0.29, 0.717) is 6.07 Å². The van der Waals surface area contributed by atoms with E-state index < -0.39 is 59.8 Å². The summed E-state index contributed by atoms with van der Waals surface area (Å²) in [7, 11) is 0.887. The molecule has 5 nitrogen and oxygen atoms in total. The quantitative estimate of drug-likeness (QED) is 0.375. The number of halogens is 10. The Morgan fingerprint density at radius 3 is 1.72 bits per heavy atom. The van der Waals surface area contributed by atoms with Crippen molar-refractivity contribution in [3.8, 4) is 11.5 Å². The first kappa shape index (κ1) is 24.3. The van der Waals surface area contributed by atoms with Gasteiger partial charge in [-0.1, -0.05) is 6.07 Å². The molecule has 0 saturated carbocycles. The lowest BCUT2D eigenvalue weighted by molar-refractivity contribution is -0.281. The van der Waals surface area contributed by atoms with Crippen LogP contribution >= 0.6 is 0 Å². The van der Waals surface area contributed by atoms with Crippen LogP contribution in [-0.2, 0) is 20.9 Å². The summed E-state index contributed by atoms with van der Waals surface area (Å²) in [5.74, 6) is -19.5. The van der Waals surface area contributed by atoms with Gasteiger partial charge in [0.05, 0.1) is 7.11 Å². The molecule has 0 saturated heterocycles. The number of methoxy groups -OCH3 is 1. The zero-order chi connectivity index (χ0) is 22.8. The second kappa shape index (κ2) is 7.94. The van der Waals surface area contributed by atoms with Crippen LogP contribution in [0, 0.1) is 0 Å². The first-order valence-electron chi connectivity index (χ1n) is 6.90. The van der Waals surface area contributed by atoms with Crippen molar-refractivity contribution in [1.82, 2.24) is 0 Å². The number of carbonyl (C=O) groups is 2. The highest BCUT2D eigenvalue weighted by atomic mass is 19.4. The number of hydrogen-bond acceptors (Lipinski definition) is 5. The van der Waals surface area contributed by atoms with Crippen molar-refractivity contribution < 1.29 is 67.7 Å². The van der Waals surface area contributed by atoms with Crippen LogP contribution in [0.15, 0.2) is 18.2 Å². The third-order valence-corrected chi connectivity index (χ3v) is 3.03. The summed E-state index contributed by atoms with van der Waals surface area (Å²) in [4.78, 5) is 22.0. The molecule has 0 aliphatic heterocycles. The summed E-state index contributed by atoms with van der Waals surface area (Å²) in [5.41, 5.74) is -0.504. The van der Waals surface area contributed by atoms with E-state index >= 15 is 0 Å². The lowest BCUT2D eigenvalue weighted by Gasteiger charge is -2.19. The van der Waals surface area contributed by atoms with Gasteiger partial charge >= 0.3 is 36.1 Å². The zero-order valence-corrected chi connectivity index (χ0v) is 13.8. The minimum atomic E-state index is -6.30. The summed E-state index contributed by atoms with van der Waals surface area (Å²) in [6.07, 6.45) is -12.6. The molecule has 1 aromatic rings. The molecule has 0 aliphatic rings. The Hall–Kier alpha value is -2.74. The fourth-order valence-electron chi connectivity index (χ4n) is 1.53. The predicted molar refractivity (Wildman–Crippen MR) is 70.4 cm³/mol. The van der Waals surface area contributed by atoms with Crippen LogP contribution in [0.5, 0.6) is 11.5 Å². The van der Waals surface area contributed by atoms with E-state index in [1.807, 2.05) is 0 Å². The maximum Gasteiger partial charge on any atom is 0.465 e. The Bertz CT molecular complexity index is 769. The smallest absolute Gasteiger partial charge is 0.465 e. The molecule has 0 N–H and O–H groups in total. The standard InChI is InChI=1S/C14H8F10O5/c1-27-7-3-2-6(5-28-9(25)11(15,16)13(19,20)21)4-8(7)29-10(26)12(17,18)14(22,23)24/h2-4H,5H2,1H3. The lowest BCUT2D eigenvalue weighted by Crippen LogP contribution is -2.46. The molecule has 164 valence electrons. The summed E-state index contributed by atoms with van der Waals surface area (Å²) in [6, 6.07) is 2.10. The van der Waals surface area contributed by atoms with Gasteiger partial charge in [0.25, 0.3) is 0 Å². The molecule has 0 bridgehead atoms. The molecular weight excluding hydrogens is 438 g/mol. The summed E-state index contributed by atoms with van der Waals surface area (Å²) < 4.78 is 136. The van der Waals surface area contributed by atoms with Crippen molar-refractivity contribution in [2.75, 3.05) is 7.11 Å². The van der Waals surface area contributed by atoms with Gasteiger partial charge in [-0.25, -0.2) is 9.59 Å². The van der Waals surface area contributed by atoms with Crippen LogP contribution in [0.2, 0.25) is 0 Å². The Kier molecular flexibility index (Phi) is 6.66. The van der Waals surface area contributed by atoms with E-state index in [1.165, 1.54) is 0 Å². The van der Waals surface area contributed by atoms with Crippen molar-refractivity contribution in [2.24, 2.45) is 0 Å². The molecule has 0 fully saturated rings. The fourth-order valence-corrected chi connectivity index (χ4v) is 1.53. The van der Waals surface area contributed by atoms with Crippen LogP contribution in [0.4, 0.5) is 43.9 Å². The Morgan fingerprint density at radius 2 is 1.28 bits per heavy atom. The van der Waals surface area contributed by atoms with Crippen molar-refractivity contribution in [3.05, 3.63) is 23.8 Å². The lowest BCUT2D eigenvalue weighted by atomic mass is 10.2. The number of carbonyl (C=O) groups excluding carboxylic acids is 2. The minimum absolute atomic E-state index is 0.461. The fraction of sp³-hybridized carbons (Fsp3) is 0.429. The van der Waals surface area contributed by atoms with Gasteiger partial charge in [0.15, 0.2) is 11.5 Å². The van der Waals surface area contributed by atoms with Crippen molar-refractivity contribution in [3.63, 3.8) is 0 Å². The van der Waals surface area contributed by atoms with Gasteiger partial charge in [-0.05, 0) is 17.7 Å². The first-order chi connectivity index (χ1) is 12.9. The van der Waals surface area contributed by atoms with E-state index in [0.717, 1.165) is 19.2 Å². The third-order valence-electron chi connectivity index (χ3n) is 3.03. The van der Waals surface area contributed by atoms with Gasteiger partial charge in [0.1, 0.15) is 6.61 Å². The summed E-state index contributed by atoms with van der Waals surface area (Å²) >= 11 is 0. The maximum absolute atomic E-state index is 12.9. The Morgan fingerprint density at radius 1 is 0.793 bits per heavy atom. The van der Waals surface area contributed by atoms with Crippen LogP contribution in [0.1, 0.15) is 5.56 Å². The van der Waals surface area contributed by atoms with Gasteiger partial charge in [0, 0.05) is 0 Å². The molecule has 0 spiro atoms. The number of hydrogen-bond donors (Lipinski definition) is 0. The van der Waals surface area contributed by atoms with Gasteiger partial charge in [-0.15, -0.1) is 0 Å². The average Bonchev–Trinajstić information content (AvgIpc) is 2.57. The van der Waals surface area contributed by atoms with Gasteiger partial charge in [-0.2, -0.15) is 43.9 Å². The van der Waals surface area contributed by atoms with Crippen LogP contribution in [-0.4, -0.2) is 43.2 Å². The molecule has 0 heterocycles. The topological polar surface area (TPSA) is 61.8 Å². The highest BCUT2D eigenvalue weighted by molar-refractivity contribution is 5.81. The predicted octanol–water partition coefficient (Wildman–Crippen LogP) is 4.04. The Balaban J connectivity index is 3.03. The maximum atomic E-state index is 12.9. The normalized spacial score (nSPS) is 13.1. The van der Waals surface area contributed by atoms with Crippen LogP contribution < -0.4 is 9.47 Å². The molecule has 0 radical (unpaired) electrons. The molecule has 1 aromatic carbocycles. The second-order valence-electron chi connectivity index (χ2n) is 5.10. The number of benzene rings is 1. The van der Waals surface area contributed by atoms with Gasteiger partial charge in [-0.3, -0.25) is 0 Å². The number of ether oxygens (including phenoxy) is 3. The molecule has 0 atom stereocenters. The van der Waals surface area contributed by atoms with E-state index in [-0.39, 0.29) is 0 Å². The van der Waals surface area contributed by atoms with Gasteiger partial charge in [0.2, 0.25) is 0 Å². The summed E-state index contributed by atoms with van der Waals surface area (Å²) in [5, 5.41) is 0. The minimum Gasteiger partial charge on any atom is -0.493 e. The van der Waals surface area contributed by atoms with E-state index in [4.69, 9.17) is 0 Å². The highest BCUT2D eigenvalue weighted by Gasteiger charge is 2.66. The third kappa shape index (κ3) is 5.20. The van der Waals surface area contributed by atoms with E-state index in [1.54, 1.807) is 0 Å². The molecule has 0 unspecified atom stereocenters. The molecule has 29 heavy (non-hydrogen) atoms. The van der Waals surface area contributed by atoms with Crippen LogP contribution in [0.25, 0.3) is 0 Å². The Labute approximate surface area is 154 Å². The molecule has 1 rings (SSSR count). The molecular formula is C14H8F10O5.